The van der Waals surface area contributed by atoms with E-state index in [0.29, 0.717) is 0 Å². The predicted molar refractivity (Wildman–Crippen MR) is 48.4 cm³/mol. The van der Waals surface area contributed by atoms with E-state index in [4.69, 9.17) is 0 Å². The van der Waals surface area contributed by atoms with Crippen LogP contribution in [0.1, 0.15) is 0 Å². The van der Waals surface area contributed by atoms with Crippen molar-refractivity contribution in [2.24, 2.45) is 20.8 Å². The summed E-state index contributed by atoms with van der Waals surface area (Å²) in [4.78, 5) is 8.66. The highest BCUT2D eigenvalue weighted by Crippen LogP contribution is 1.89. The highest BCUT2D eigenvalue weighted by atomic mass is 17.3. The fraction of sp³-hybridized carbons (Fsp3) is 0. The SMILES string of the molecule is C1=C\C=C/N=N/N=N\OO/C=C\C=C/1. The van der Waals surface area contributed by atoms with Gasteiger partial charge in [0.1, 0.15) is 6.26 Å². The van der Waals surface area contributed by atoms with Crippen LogP contribution >= 0.6 is 0 Å². The molecule has 0 N–H and O–H groups in total. The van der Waals surface area contributed by atoms with E-state index in [9.17, 15) is 0 Å². The first-order chi connectivity index (χ1) is 7.00. The zero-order valence-corrected chi connectivity index (χ0v) is 7.22. The summed E-state index contributed by atoms with van der Waals surface area (Å²) < 4.78 is 0. The minimum absolute atomic E-state index is 1.31. The molecule has 1 heterocycles. The Bertz CT molecular complexity index is 283. The first-order valence-corrected chi connectivity index (χ1v) is 3.78. The first-order valence-electron chi connectivity index (χ1n) is 3.78. The third-order valence-electron chi connectivity index (χ3n) is 1.05. The second-order valence-electron chi connectivity index (χ2n) is 1.99. The monoisotopic (exact) mass is 192 g/mol. The molecule has 0 aromatic heterocycles. The molecule has 0 aromatic carbocycles. The van der Waals surface area contributed by atoms with Gasteiger partial charge in [0.15, 0.2) is 0 Å². The summed E-state index contributed by atoms with van der Waals surface area (Å²) in [6, 6.07) is 0. The molecule has 72 valence electrons. The molecular formula is C8H8N4O2. The van der Waals surface area contributed by atoms with E-state index in [1.807, 2.05) is 12.2 Å². The van der Waals surface area contributed by atoms with Crippen molar-refractivity contribution < 1.29 is 9.88 Å². The third-order valence-corrected chi connectivity index (χ3v) is 1.05. The summed E-state index contributed by atoms with van der Waals surface area (Å²) in [5, 5.41) is 13.0. The average molecular weight is 192 g/mol. The van der Waals surface area contributed by atoms with Gasteiger partial charge < -0.3 is 0 Å². The molecule has 0 atom stereocenters. The maximum Gasteiger partial charge on any atom is 0.145 e. The lowest BCUT2D eigenvalue weighted by Crippen LogP contribution is -1.74. The Morgan fingerprint density at radius 1 is 0.786 bits per heavy atom. The highest BCUT2D eigenvalue weighted by molar-refractivity contribution is 5.14. The van der Waals surface area contributed by atoms with Crippen LogP contribution in [-0.4, -0.2) is 0 Å². The maximum atomic E-state index is 4.44. The molecule has 14 heavy (non-hydrogen) atoms. The smallest absolute Gasteiger partial charge is 0.145 e. The second kappa shape index (κ2) is 7.41. The number of rotatable bonds is 0. The van der Waals surface area contributed by atoms with Gasteiger partial charge in [-0.15, -0.1) is 10.1 Å². The van der Waals surface area contributed by atoms with Gasteiger partial charge in [0, 0.05) is 5.22 Å². The van der Waals surface area contributed by atoms with E-state index in [1.165, 1.54) is 12.5 Å². The molecule has 0 radical (unpaired) electrons. The summed E-state index contributed by atoms with van der Waals surface area (Å²) in [6.45, 7) is 0. The molecule has 0 saturated carbocycles. The van der Waals surface area contributed by atoms with E-state index < -0.39 is 0 Å². The molecule has 0 fully saturated rings. The maximum absolute atomic E-state index is 4.44. The molecule has 6 nitrogen and oxygen atoms in total. The zero-order chi connectivity index (χ0) is 9.90. The third kappa shape index (κ3) is 5.42. The van der Waals surface area contributed by atoms with Gasteiger partial charge in [-0.3, -0.25) is 4.89 Å². The second-order valence-corrected chi connectivity index (χ2v) is 1.99. The molecule has 0 unspecified atom stereocenters. The Morgan fingerprint density at radius 2 is 1.57 bits per heavy atom. The fourth-order valence-corrected chi connectivity index (χ4v) is 0.550. The van der Waals surface area contributed by atoms with Crippen molar-refractivity contribution in [3.8, 4) is 0 Å². The molecule has 0 aromatic rings. The van der Waals surface area contributed by atoms with Gasteiger partial charge in [-0.1, -0.05) is 24.3 Å². The Balaban J connectivity index is 2.56. The highest BCUT2D eigenvalue weighted by Gasteiger charge is 1.74. The molecule has 1 aliphatic heterocycles. The fourth-order valence-electron chi connectivity index (χ4n) is 0.550. The Kier molecular flexibility index (Phi) is 5.21. The van der Waals surface area contributed by atoms with Crippen molar-refractivity contribution in [2.75, 3.05) is 0 Å². The van der Waals surface area contributed by atoms with Gasteiger partial charge in [0.05, 0.1) is 11.5 Å². The summed E-state index contributed by atoms with van der Waals surface area (Å²) >= 11 is 0. The van der Waals surface area contributed by atoms with Crippen LogP contribution in [0.3, 0.4) is 0 Å². The minimum atomic E-state index is 1.31. The van der Waals surface area contributed by atoms with Crippen LogP contribution < -0.4 is 0 Å². The van der Waals surface area contributed by atoms with Gasteiger partial charge in [-0.05, 0) is 17.4 Å². The molecular weight excluding hydrogens is 184 g/mol. The van der Waals surface area contributed by atoms with Crippen LogP contribution in [0.15, 0.2) is 69.8 Å². The van der Waals surface area contributed by atoms with Crippen molar-refractivity contribution in [1.29, 1.82) is 0 Å². The van der Waals surface area contributed by atoms with Crippen molar-refractivity contribution in [3.05, 3.63) is 48.9 Å². The lowest BCUT2D eigenvalue weighted by Gasteiger charge is -1.86. The van der Waals surface area contributed by atoms with Gasteiger partial charge in [-0.25, -0.2) is 0 Å². The van der Waals surface area contributed by atoms with E-state index in [0.717, 1.165) is 0 Å². The van der Waals surface area contributed by atoms with Crippen molar-refractivity contribution in [2.45, 2.75) is 0 Å². The lowest BCUT2D eigenvalue weighted by molar-refractivity contribution is -0.257. The van der Waals surface area contributed by atoms with Crippen molar-refractivity contribution >= 4 is 0 Å². The topological polar surface area (TPSA) is 67.9 Å². The van der Waals surface area contributed by atoms with Gasteiger partial charge >= 0.3 is 0 Å². The predicted octanol–water partition coefficient (Wildman–Crippen LogP) is 2.82. The zero-order valence-electron chi connectivity index (χ0n) is 7.22. The van der Waals surface area contributed by atoms with Crippen LogP contribution in [0.2, 0.25) is 0 Å². The van der Waals surface area contributed by atoms with Gasteiger partial charge in [0.25, 0.3) is 0 Å². The largest absolute Gasteiger partial charge is 0.274 e. The number of nitrogens with zero attached hydrogens (tertiary/aromatic N) is 4. The van der Waals surface area contributed by atoms with Crippen LogP contribution in [0.25, 0.3) is 0 Å². The molecule has 6 heteroatoms. The number of hydrogen-bond donors (Lipinski definition) is 0. The molecule has 1 rings (SSSR count). The molecule has 1 aliphatic rings. The first kappa shape index (κ1) is 9.85. The Morgan fingerprint density at radius 3 is 2.50 bits per heavy atom. The number of allylic oxidation sites excluding steroid dienone is 6. The number of hydrogen-bond acceptors (Lipinski definition) is 6. The van der Waals surface area contributed by atoms with E-state index >= 15 is 0 Å². The van der Waals surface area contributed by atoms with Gasteiger partial charge in [0.2, 0.25) is 0 Å². The van der Waals surface area contributed by atoms with Crippen LogP contribution in [-0.2, 0) is 9.88 Å². The quantitative estimate of drug-likeness (QED) is 0.553. The standard InChI is InChI=1S/C8H8N4O2/c1-2-4-6-8-13-14-12-11-10-9-7-5-3-1/h1-8H/b3-1-,4-2-,7-5-,8-6-,10-9+,12-11-. The molecule has 0 saturated heterocycles. The van der Waals surface area contributed by atoms with Crippen LogP contribution in [0.5, 0.6) is 0 Å². The molecule has 0 bridgehead atoms. The average Bonchev–Trinajstić information content (AvgIpc) is 2.22. The minimum Gasteiger partial charge on any atom is -0.274 e. The van der Waals surface area contributed by atoms with Crippen molar-refractivity contribution in [1.82, 2.24) is 0 Å². The molecule has 0 amide bonds. The summed E-state index contributed by atoms with van der Waals surface area (Å²) in [6.07, 6.45) is 13.3. The summed E-state index contributed by atoms with van der Waals surface area (Å²) in [7, 11) is 0. The molecule has 0 aliphatic carbocycles. The van der Waals surface area contributed by atoms with Crippen molar-refractivity contribution in [3.63, 3.8) is 0 Å². The van der Waals surface area contributed by atoms with Gasteiger partial charge in [-0.2, -0.15) is 0 Å². The van der Waals surface area contributed by atoms with E-state index in [1.54, 1.807) is 24.3 Å². The Hall–Kier alpha value is -2.24. The Labute approximate surface area is 80.5 Å². The lowest BCUT2D eigenvalue weighted by atomic mass is 10.4. The summed E-state index contributed by atoms with van der Waals surface area (Å²) in [5.74, 6) is 0. The molecule has 0 spiro atoms. The van der Waals surface area contributed by atoms with E-state index in [2.05, 4.69) is 30.7 Å². The normalized spacial score (nSPS) is 29.7. The van der Waals surface area contributed by atoms with E-state index in [-0.39, 0.29) is 0 Å². The summed E-state index contributed by atoms with van der Waals surface area (Å²) in [5.41, 5.74) is 0. The van der Waals surface area contributed by atoms with Crippen LogP contribution in [0, 0.1) is 0 Å². The van der Waals surface area contributed by atoms with Crippen LogP contribution in [0.4, 0.5) is 0 Å².